The van der Waals surface area contributed by atoms with Crippen LogP contribution < -0.4 is 4.74 Å². The normalized spacial score (nSPS) is 10.6. The first-order chi connectivity index (χ1) is 10.1. The number of benzene rings is 2. The first-order valence-corrected chi connectivity index (χ1v) is 7.19. The number of para-hydroxylation sites is 2. The van der Waals surface area contributed by atoms with Crippen molar-refractivity contribution in [2.45, 2.75) is 0 Å². The Morgan fingerprint density at radius 2 is 1.90 bits per heavy atom. The molecule has 0 atom stereocenters. The minimum absolute atomic E-state index is 0.132. The molecule has 21 heavy (non-hydrogen) atoms. The third kappa shape index (κ3) is 3.04. The second-order valence-corrected chi connectivity index (χ2v) is 5.53. The Kier molecular flexibility index (Phi) is 3.86. The van der Waals surface area contributed by atoms with Crippen molar-refractivity contribution in [2.75, 3.05) is 0 Å². The summed E-state index contributed by atoms with van der Waals surface area (Å²) in [6.45, 7) is 0. The summed E-state index contributed by atoms with van der Waals surface area (Å²) in [5.74, 6) is -0.322. The van der Waals surface area contributed by atoms with Crippen LogP contribution in [0.15, 0.2) is 53.1 Å². The van der Waals surface area contributed by atoms with Gasteiger partial charge in [-0.15, -0.1) is 0 Å². The summed E-state index contributed by atoms with van der Waals surface area (Å²) in [7, 11) is 0. The highest BCUT2D eigenvalue weighted by Crippen LogP contribution is 2.28. The summed E-state index contributed by atoms with van der Waals surface area (Å²) in [6, 6.07) is 12.3. The number of rotatable bonds is 2. The Hall–Kier alpha value is -1.98. The van der Waals surface area contributed by atoms with Crippen LogP contribution in [0.25, 0.3) is 11.0 Å². The lowest BCUT2D eigenvalue weighted by Crippen LogP contribution is -2.11. The van der Waals surface area contributed by atoms with Gasteiger partial charge < -0.3 is 4.74 Å². The third-order valence-corrected chi connectivity index (χ3v) is 3.54. The molecular formula is C15H8BrClN2O2. The van der Waals surface area contributed by atoms with Gasteiger partial charge in [0.1, 0.15) is 5.75 Å². The number of nitrogens with zero attached hydrogens (tertiary/aromatic N) is 2. The van der Waals surface area contributed by atoms with Gasteiger partial charge in [0.25, 0.3) is 0 Å². The van der Waals surface area contributed by atoms with Gasteiger partial charge in [0.05, 0.1) is 22.3 Å². The maximum Gasteiger partial charge on any atom is 0.364 e. The standard InChI is InChI=1S/C15H8BrClN2O2/c16-9-5-6-14(10(17)7-9)21-15(20)13-8-18-11-3-1-2-4-12(11)19-13/h1-8H. The van der Waals surface area contributed by atoms with E-state index in [0.29, 0.717) is 10.5 Å². The number of carbonyl (C=O) groups is 1. The maximum atomic E-state index is 12.1. The van der Waals surface area contributed by atoms with E-state index in [9.17, 15) is 4.79 Å². The average Bonchev–Trinajstić information content (AvgIpc) is 2.49. The highest BCUT2D eigenvalue weighted by Gasteiger charge is 2.14. The maximum absolute atomic E-state index is 12.1. The van der Waals surface area contributed by atoms with Gasteiger partial charge in [-0.2, -0.15) is 0 Å². The van der Waals surface area contributed by atoms with E-state index in [1.807, 2.05) is 18.2 Å². The van der Waals surface area contributed by atoms with E-state index in [0.717, 1.165) is 9.99 Å². The molecule has 6 heteroatoms. The van der Waals surface area contributed by atoms with E-state index in [1.54, 1.807) is 24.3 Å². The first kappa shape index (κ1) is 14.0. The van der Waals surface area contributed by atoms with Crippen LogP contribution in [-0.4, -0.2) is 15.9 Å². The molecule has 104 valence electrons. The van der Waals surface area contributed by atoms with Crippen LogP contribution in [0.2, 0.25) is 5.02 Å². The summed E-state index contributed by atoms with van der Waals surface area (Å²) >= 11 is 9.30. The van der Waals surface area contributed by atoms with Gasteiger partial charge >= 0.3 is 5.97 Å². The molecule has 3 aromatic rings. The van der Waals surface area contributed by atoms with E-state index in [2.05, 4.69) is 25.9 Å². The summed E-state index contributed by atoms with van der Waals surface area (Å²) < 4.78 is 6.04. The number of fused-ring (bicyclic) bond motifs is 1. The summed E-state index contributed by atoms with van der Waals surface area (Å²) in [5.41, 5.74) is 1.48. The average molecular weight is 364 g/mol. The van der Waals surface area contributed by atoms with Gasteiger partial charge in [0, 0.05) is 4.47 Å². The fourth-order valence-electron chi connectivity index (χ4n) is 1.77. The molecule has 2 aromatic carbocycles. The molecule has 4 nitrogen and oxygen atoms in total. The van der Waals surface area contributed by atoms with Crippen LogP contribution in [0.4, 0.5) is 0 Å². The zero-order valence-electron chi connectivity index (χ0n) is 10.6. The number of halogens is 2. The molecule has 0 amide bonds. The minimum atomic E-state index is -0.600. The van der Waals surface area contributed by atoms with E-state index >= 15 is 0 Å². The number of aromatic nitrogens is 2. The van der Waals surface area contributed by atoms with Gasteiger partial charge in [-0.3, -0.25) is 4.98 Å². The van der Waals surface area contributed by atoms with Crippen molar-refractivity contribution in [3.05, 3.63) is 63.9 Å². The molecule has 0 radical (unpaired) electrons. The summed E-state index contributed by atoms with van der Waals surface area (Å²) in [4.78, 5) is 20.5. The fraction of sp³-hybridized carbons (Fsp3) is 0. The molecule has 0 saturated carbocycles. The molecule has 1 heterocycles. The molecule has 1 aromatic heterocycles. The molecule has 0 fully saturated rings. The molecule has 0 spiro atoms. The molecule has 3 rings (SSSR count). The number of esters is 1. The molecule has 0 bridgehead atoms. The van der Waals surface area contributed by atoms with Gasteiger partial charge in [-0.1, -0.05) is 39.7 Å². The van der Waals surface area contributed by atoms with Crippen LogP contribution in [0.1, 0.15) is 10.5 Å². The highest BCUT2D eigenvalue weighted by molar-refractivity contribution is 9.10. The Labute approximate surface area is 133 Å². The third-order valence-electron chi connectivity index (χ3n) is 2.75. The predicted molar refractivity (Wildman–Crippen MR) is 83.6 cm³/mol. The molecule has 0 aliphatic rings. The van der Waals surface area contributed by atoms with Crippen LogP contribution in [0.3, 0.4) is 0 Å². The topological polar surface area (TPSA) is 52.1 Å². The van der Waals surface area contributed by atoms with Gasteiger partial charge in [0.2, 0.25) is 0 Å². The van der Waals surface area contributed by atoms with Gasteiger partial charge in [-0.25, -0.2) is 9.78 Å². The van der Waals surface area contributed by atoms with Crippen LogP contribution in [0, 0.1) is 0 Å². The van der Waals surface area contributed by atoms with E-state index < -0.39 is 5.97 Å². The lowest BCUT2D eigenvalue weighted by molar-refractivity contribution is 0.0728. The second kappa shape index (κ2) is 5.79. The smallest absolute Gasteiger partial charge is 0.364 e. The Bertz CT molecular complexity index is 839. The van der Waals surface area contributed by atoms with E-state index in [1.165, 1.54) is 6.20 Å². The molecular weight excluding hydrogens is 356 g/mol. The van der Waals surface area contributed by atoms with Crippen molar-refractivity contribution in [2.24, 2.45) is 0 Å². The number of hydrogen-bond acceptors (Lipinski definition) is 4. The monoisotopic (exact) mass is 362 g/mol. The van der Waals surface area contributed by atoms with Crippen molar-refractivity contribution in [1.29, 1.82) is 0 Å². The van der Waals surface area contributed by atoms with E-state index in [-0.39, 0.29) is 11.4 Å². The Morgan fingerprint density at radius 1 is 1.14 bits per heavy atom. The Morgan fingerprint density at radius 3 is 2.67 bits per heavy atom. The number of hydrogen-bond donors (Lipinski definition) is 0. The molecule has 0 saturated heterocycles. The Balaban J connectivity index is 1.89. The summed E-state index contributed by atoms with van der Waals surface area (Å²) in [5, 5.41) is 0.339. The fourth-order valence-corrected chi connectivity index (χ4v) is 2.48. The lowest BCUT2D eigenvalue weighted by Gasteiger charge is -2.06. The lowest BCUT2D eigenvalue weighted by atomic mass is 10.3. The zero-order valence-corrected chi connectivity index (χ0v) is 12.9. The number of carbonyl (C=O) groups excluding carboxylic acids is 1. The van der Waals surface area contributed by atoms with Crippen molar-refractivity contribution in [1.82, 2.24) is 9.97 Å². The minimum Gasteiger partial charge on any atom is -0.420 e. The summed E-state index contributed by atoms with van der Waals surface area (Å²) in [6.07, 6.45) is 1.39. The zero-order chi connectivity index (χ0) is 14.8. The van der Waals surface area contributed by atoms with Crippen LogP contribution in [-0.2, 0) is 0 Å². The van der Waals surface area contributed by atoms with Crippen molar-refractivity contribution in [3.63, 3.8) is 0 Å². The second-order valence-electron chi connectivity index (χ2n) is 4.21. The van der Waals surface area contributed by atoms with Gasteiger partial charge in [-0.05, 0) is 30.3 Å². The van der Waals surface area contributed by atoms with Crippen molar-refractivity contribution in [3.8, 4) is 5.75 Å². The predicted octanol–water partition coefficient (Wildman–Crippen LogP) is 4.26. The highest BCUT2D eigenvalue weighted by atomic mass is 79.9. The quantitative estimate of drug-likeness (QED) is 0.504. The number of ether oxygens (including phenoxy) is 1. The van der Waals surface area contributed by atoms with Crippen LogP contribution in [0.5, 0.6) is 5.75 Å². The van der Waals surface area contributed by atoms with Crippen LogP contribution >= 0.6 is 27.5 Å². The molecule has 0 aliphatic carbocycles. The van der Waals surface area contributed by atoms with E-state index in [4.69, 9.17) is 16.3 Å². The molecule has 0 N–H and O–H groups in total. The van der Waals surface area contributed by atoms with Crippen molar-refractivity contribution < 1.29 is 9.53 Å². The van der Waals surface area contributed by atoms with Gasteiger partial charge in [0.15, 0.2) is 5.69 Å². The largest absolute Gasteiger partial charge is 0.420 e. The molecule has 0 unspecified atom stereocenters. The molecule has 0 aliphatic heterocycles. The van der Waals surface area contributed by atoms with Crippen molar-refractivity contribution >= 4 is 44.5 Å². The first-order valence-electron chi connectivity index (χ1n) is 6.02. The SMILES string of the molecule is O=C(Oc1ccc(Br)cc1Cl)c1cnc2ccccc2n1.